The Kier molecular flexibility index (Phi) is 13.0. The fourth-order valence-corrected chi connectivity index (χ4v) is 2.11. The van der Waals surface area contributed by atoms with Crippen LogP contribution < -0.4 is 0 Å². The molecule has 0 aliphatic carbocycles. The summed E-state index contributed by atoms with van der Waals surface area (Å²) in [5.41, 5.74) is 0. The highest BCUT2D eigenvalue weighted by Gasteiger charge is 2.18. The minimum Gasteiger partial charge on any atom is -0.420 e. The van der Waals surface area contributed by atoms with Gasteiger partial charge in [0.05, 0.1) is 0 Å². The quantitative estimate of drug-likeness (QED) is 0.593. The summed E-state index contributed by atoms with van der Waals surface area (Å²) in [4.78, 5) is 0. The molecular formula is C9H26OSi. The molecule has 0 aromatic heterocycles. The van der Waals surface area contributed by atoms with Crippen molar-refractivity contribution >= 4 is 8.32 Å². The van der Waals surface area contributed by atoms with E-state index in [9.17, 15) is 0 Å². The van der Waals surface area contributed by atoms with Crippen molar-refractivity contribution in [3.8, 4) is 0 Å². The zero-order valence-corrected chi connectivity index (χ0v) is 8.03. The topological polar surface area (TPSA) is 9.23 Å². The summed E-state index contributed by atoms with van der Waals surface area (Å²) in [6.45, 7) is 6.76. The van der Waals surface area contributed by atoms with Gasteiger partial charge < -0.3 is 4.43 Å². The van der Waals surface area contributed by atoms with Gasteiger partial charge >= 0.3 is 0 Å². The zero-order chi connectivity index (χ0) is 7.33. The summed E-state index contributed by atoms with van der Waals surface area (Å²) in [5, 5.41) is 0. The average Bonchev–Trinajstić information content (AvgIpc) is 1.84. The second-order valence-electron chi connectivity index (χ2n) is 3.07. The maximum atomic E-state index is 5.38. The Morgan fingerprint density at radius 3 is 1.91 bits per heavy atom. The fraction of sp³-hybridized carbons (Fsp3) is 1.00. The first kappa shape index (κ1) is 17.3. The van der Waals surface area contributed by atoms with Gasteiger partial charge in [-0.15, -0.1) is 0 Å². The van der Waals surface area contributed by atoms with E-state index < -0.39 is 8.32 Å². The standard InChI is InChI=1S/C7H18OSi.2CH4/c1-5-6-7-9(3,4)8-2;;/h5-7H2,1-4H3;2*1H4. The zero-order valence-electron chi connectivity index (χ0n) is 7.03. The Bertz CT molecular complexity index is 72.0. The lowest BCUT2D eigenvalue weighted by atomic mass is 10.4. The van der Waals surface area contributed by atoms with Gasteiger partial charge in [-0.2, -0.15) is 0 Å². The smallest absolute Gasteiger partial charge is 0.186 e. The lowest BCUT2D eigenvalue weighted by molar-refractivity contribution is 0.402. The van der Waals surface area contributed by atoms with E-state index >= 15 is 0 Å². The molecule has 0 aliphatic rings. The molecule has 0 N–H and O–H groups in total. The van der Waals surface area contributed by atoms with Crippen molar-refractivity contribution in [2.24, 2.45) is 0 Å². The third kappa shape index (κ3) is 10.2. The molecule has 0 rings (SSSR count). The van der Waals surface area contributed by atoms with Gasteiger partial charge in [0.15, 0.2) is 8.32 Å². The molecule has 0 saturated carbocycles. The van der Waals surface area contributed by atoms with Gasteiger partial charge in [-0.05, 0) is 19.1 Å². The molecule has 0 aromatic carbocycles. The van der Waals surface area contributed by atoms with E-state index in [0.717, 1.165) is 0 Å². The van der Waals surface area contributed by atoms with Gasteiger partial charge in [-0.25, -0.2) is 0 Å². The third-order valence-electron chi connectivity index (χ3n) is 1.68. The van der Waals surface area contributed by atoms with E-state index in [1.165, 1.54) is 18.9 Å². The van der Waals surface area contributed by atoms with Crippen LogP contribution in [0, 0.1) is 0 Å². The van der Waals surface area contributed by atoms with Gasteiger partial charge in [0.25, 0.3) is 0 Å². The molecule has 0 saturated heterocycles. The lowest BCUT2D eigenvalue weighted by Gasteiger charge is -2.18. The van der Waals surface area contributed by atoms with Gasteiger partial charge in [0.1, 0.15) is 0 Å². The normalized spacial score (nSPS) is 9.82. The average molecular weight is 178 g/mol. The molecule has 0 atom stereocenters. The second kappa shape index (κ2) is 8.28. The molecule has 2 heteroatoms. The van der Waals surface area contributed by atoms with E-state index in [1.54, 1.807) is 0 Å². The Morgan fingerprint density at radius 1 is 1.18 bits per heavy atom. The maximum Gasteiger partial charge on any atom is 0.186 e. The van der Waals surface area contributed by atoms with Crippen molar-refractivity contribution in [3.05, 3.63) is 0 Å². The summed E-state index contributed by atoms with van der Waals surface area (Å²) in [6.07, 6.45) is 2.62. The third-order valence-corrected chi connectivity index (χ3v) is 4.35. The first-order valence-electron chi connectivity index (χ1n) is 3.67. The SMILES string of the molecule is C.C.CCCC[Si](C)(C)OC. The second-order valence-corrected chi connectivity index (χ2v) is 7.50. The van der Waals surface area contributed by atoms with E-state index in [4.69, 9.17) is 4.43 Å². The number of unbranched alkanes of at least 4 members (excludes halogenated alkanes) is 1. The molecular weight excluding hydrogens is 152 g/mol. The van der Waals surface area contributed by atoms with Crippen LogP contribution in [-0.4, -0.2) is 15.4 Å². The van der Waals surface area contributed by atoms with Crippen LogP contribution >= 0.6 is 0 Å². The summed E-state index contributed by atoms with van der Waals surface area (Å²) < 4.78 is 5.38. The highest BCUT2D eigenvalue weighted by atomic mass is 28.4. The molecule has 1 nitrogen and oxygen atoms in total. The van der Waals surface area contributed by atoms with E-state index in [2.05, 4.69) is 20.0 Å². The molecule has 0 aliphatic heterocycles. The number of rotatable bonds is 4. The molecule has 0 heterocycles. The minimum absolute atomic E-state index is 0. The molecule has 0 unspecified atom stereocenters. The maximum absolute atomic E-state index is 5.38. The van der Waals surface area contributed by atoms with E-state index in [0.29, 0.717) is 0 Å². The fourth-order valence-electron chi connectivity index (χ4n) is 0.705. The largest absolute Gasteiger partial charge is 0.420 e. The van der Waals surface area contributed by atoms with Crippen molar-refractivity contribution in [3.63, 3.8) is 0 Å². The van der Waals surface area contributed by atoms with Crippen LogP contribution in [0.25, 0.3) is 0 Å². The van der Waals surface area contributed by atoms with Crippen LogP contribution in [-0.2, 0) is 4.43 Å². The minimum atomic E-state index is -1.20. The van der Waals surface area contributed by atoms with Gasteiger partial charge in [0.2, 0.25) is 0 Å². The molecule has 0 aromatic rings. The van der Waals surface area contributed by atoms with Gasteiger partial charge in [-0.3, -0.25) is 0 Å². The van der Waals surface area contributed by atoms with Gasteiger partial charge in [-0.1, -0.05) is 34.6 Å². The van der Waals surface area contributed by atoms with E-state index in [1.807, 2.05) is 7.11 Å². The van der Waals surface area contributed by atoms with Crippen LogP contribution in [0.5, 0.6) is 0 Å². The number of hydrogen-bond donors (Lipinski definition) is 0. The van der Waals surface area contributed by atoms with Crippen molar-refractivity contribution in [2.45, 2.75) is 53.8 Å². The highest BCUT2D eigenvalue weighted by molar-refractivity contribution is 6.71. The van der Waals surface area contributed by atoms with Crippen LogP contribution in [0.2, 0.25) is 19.1 Å². The Hall–Kier alpha value is 0.177. The Morgan fingerprint density at radius 2 is 1.64 bits per heavy atom. The summed E-state index contributed by atoms with van der Waals surface area (Å²) in [7, 11) is 0.637. The predicted molar refractivity (Wildman–Crippen MR) is 57.7 cm³/mol. The van der Waals surface area contributed by atoms with Crippen LogP contribution in [0.3, 0.4) is 0 Å². The first-order chi connectivity index (χ1) is 4.12. The summed E-state index contributed by atoms with van der Waals surface area (Å²) in [5.74, 6) is 0. The van der Waals surface area contributed by atoms with Crippen molar-refractivity contribution in [2.75, 3.05) is 7.11 Å². The Balaban J connectivity index is -0.000000320. The Labute approximate surface area is 74.3 Å². The molecule has 0 radical (unpaired) electrons. The van der Waals surface area contributed by atoms with Crippen LogP contribution in [0.15, 0.2) is 0 Å². The van der Waals surface area contributed by atoms with Crippen LogP contribution in [0.4, 0.5) is 0 Å². The number of hydrogen-bond acceptors (Lipinski definition) is 1. The molecule has 0 bridgehead atoms. The summed E-state index contributed by atoms with van der Waals surface area (Å²) in [6, 6.07) is 1.31. The van der Waals surface area contributed by atoms with Crippen molar-refractivity contribution < 1.29 is 4.43 Å². The summed E-state index contributed by atoms with van der Waals surface area (Å²) >= 11 is 0. The molecule has 0 amide bonds. The van der Waals surface area contributed by atoms with Crippen molar-refractivity contribution in [1.29, 1.82) is 0 Å². The monoisotopic (exact) mass is 178 g/mol. The first-order valence-corrected chi connectivity index (χ1v) is 6.79. The van der Waals surface area contributed by atoms with E-state index in [-0.39, 0.29) is 14.9 Å². The lowest BCUT2D eigenvalue weighted by Crippen LogP contribution is -2.27. The predicted octanol–water partition coefficient (Wildman–Crippen LogP) is 3.91. The van der Waals surface area contributed by atoms with Crippen LogP contribution in [0.1, 0.15) is 34.6 Å². The van der Waals surface area contributed by atoms with Crippen molar-refractivity contribution in [1.82, 2.24) is 0 Å². The molecule has 11 heavy (non-hydrogen) atoms. The molecule has 0 spiro atoms. The highest BCUT2D eigenvalue weighted by Crippen LogP contribution is 2.12. The molecule has 72 valence electrons. The molecule has 0 fully saturated rings. The van der Waals surface area contributed by atoms with Gasteiger partial charge in [0, 0.05) is 7.11 Å².